The Kier molecular flexibility index (Phi) is 6.47. The SMILES string of the molecule is C/C(=C/Cl)CNCCNC(=O)c1ccc(C)cc1. The van der Waals surface area contributed by atoms with Gasteiger partial charge in [0.1, 0.15) is 0 Å². The van der Waals surface area contributed by atoms with Crippen LogP contribution in [0.5, 0.6) is 0 Å². The number of aryl methyl sites for hydroxylation is 1. The molecule has 0 atom stereocenters. The number of benzene rings is 1. The fraction of sp³-hybridized carbons (Fsp3) is 0.357. The summed E-state index contributed by atoms with van der Waals surface area (Å²) in [7, 11) is 0. The number of carbonyl (C=O) groups excluding carboxylic acids is 1. The normalized spacial score (nSPS) is 11.4. The molecule has 1 aromatic rings. The van der Waals surface area contributed by atoms with Crippen molar-refractivity contribution in [1.29, 1.82) is 0 Å². The lowest BCUT2D eigenvalue weighted by Gasteiger charge is -2.07. The molecular formula is C14H19ClN2O. The van der Waals surface area contributed by atoms with Crippen molar-refractivity contribution in [1.82, 2.24) is 10.6 Å². The third-order valence-corrected chi connectivity index (χ3v) is 2.86. The maximum Gasteiger partial charge on any atom is 0.251 e. The van der Waals surface area contributed by atoms with E-state index >= 15 is 0 Å². The number of hydrogen-bond donors (Lipinski definition) is 2. The van der Waals surface area contributed by atoms with Gasteiger partial charge in [-0.25, -0.2) is 0 Å². The second kappa shape index (κ2) is 7.90. The fourth-order valence-corrected chi connectivity index (χ4v) is 1.47. The molecule has 0 bridgehead atoms. The molecule has 1 aromatic carbocycles. The Hall–Kier alpha value is -1.32. The topological polar surface area (TPSA) is 41.1 Å². The number of rotatable bonds is 6. The van der Waals surface area contributed by atoms with Crippen molar-refractivity contribution in [2.45, 2.75) is 13.8 Å². The average Bonchev–Trinajstić information content (AvgIpc) is 2.38. The quantitative estimate of drug-likeness (QED) is 0.777. The predicted octanol–water partition coefficient (Wildman–Crippen LogP) is 2.46. The molecule has 0 unspecified atom stereocenters. The predicted molar refractivity (Wildman–Crippen MR) is 76.0 cm³/mol. The summed E-state index contributed by atoms with van der Waals surface area (Å²) in [4.78, 5) is 11.7. The van der Waals surface area contributed by atoms with E-state index in [2.05, 4.69) is 10.6 Å². The molecule has 1 rings (SSSR count). The Balaban J connectivity index is 2.23. The summed E-state index contributed by atoms with van der Waals surface area (Å²) >= 11 is 5.54. The molecule has 2 N–H and O–H groups in total. The van der Waals surface area contributed by atoms with Crippen LogP contribution < -0.4 is 10.6 Å². The molecule has 0 aliphatic carbocycles. The summed E-state index contributed by atoms with van der Waals surface area (Å²) in [6, 6.07) is 7.53. The van der Waals surface area contributed by atoms with Crippen molar-refractivity contribution in [3.8, 4) is 0 Å². The van der Waals surface area contributed by atoms with E-state index < -0.39 is 0 Å². The lowest BCUT2D eigenvalue weighted by molar-refractivity contribution is 0.0954. The third-order valence-electron chi connectivity index (χ3n) is 2.49. The Morgan fingerprint density at radius 1 is 1.28 bits per heavy atom. The molecule has 98 valence electrons. The first-order valence-electron chi connectivity index (χ1n) is 5.95. The number of halogens is 1. The standard InChI is InChI=1S/C14H19ClN2O/c1-11-3-5-13(6-4-11)14(18)17-8-7-16-10-12(2)9-15/h3-6,9,16H,7-8,10H2,1-2H3,(H,17,18)/b12-9-. The zero-order chi connectivity index (χ0) is 13.4. The minimum atomic E-state index is -0.0404. The Labute approximate surface area is 113 Å². The Morgan fingerprint density at radius 2 is 1.94 bits per heavy atom. The highest BCUT2D eigenvalue weighted by molar-refractivity contribution is 6.25. The van der Waals surface area contributed by atoms with Gasteiger partial charge < -0.3 is 10.6 Å². The van der Waals surface area contributed by atoms with E-state index in [4.69, 9.17) is 11.6 Å². The Bertz CT molecular complexity index is 412. The first-order valence-corrected chi connectivity index (χ1v) is 6.38. The van der Waals surface area contributed by atoms with Crippen LogP contribution in [0.25, 0.3) is 0 Å². The van der Waals surface area contributed by atoms with E-state index in [9.17, 15) is 4.79 Å². The second-order valence-electron chi connectivity index (χ2n) is 4.25. The molecule has 0 fully saturated rings. The Morgan fingerprint density at radius 3 is 2.56 bits per heavy atom. The van der Waals surface area contributed by atoms with Gasteiger partial charge in [-0.1, -0.05) is 29.3 Å². The molecule has 0 aliphatic rings. The summed E-state index contributed by atoms with van der Waals surface area (Å²) in [5.74, 6) is -0.0404. The lowest BCUT2D eigenvalue weighted by atomic mass is 10.1. The van der Waals surface area contributed by atoms with Gasteiger partial charge >= 0.3 is 0 Å². The van der Waals surface area contributed by atoms with E-state index in [0.29, 0.717) is 12.1 Å². The van der Waals surface area contributed by atoms with Crippen LogP contribution in [0.1, 0.15) is 22.8 Å². The van der Waals surface area contributed by atoms with Gasteiger partial charge in [-0.3, -0.25) is 4.79 Å². The van der Waals surface area contributed by atoms with E-state index in [0.717, 1.165) is 24.2 Å². The smallest absolute Gasteiger partial charge is 0.251 e. The first-order chi connectivity index (χ1) is 8.63. The van der Waals surface area contributed by atoms with Crippen LogP contribution in [0, 0.1) is 6.92 Å². The summed E-state index contributed by atoms with van der Waals surface area (Å²) < 4.78 is 0. The maximum absolute atomic E-state index is 11.7. The van der Waals surface area contributed by atoms with Crippen molar-refractivity contribution < 1.29 is 4.79 Å². The number of hydrogen-bond acceptors (Lipinski definition) is 2. The van der Waals surface area contributed by atoms with Crippen molar-refractivity contribution in [3.05, 3.63) is 46.5 Å². The van der Waals surface area contributed by atoms with Crippen LogP contribution in [0.2, 0.25) is 0 Å². The maximum atomic E-state index is 11.7. The van der Waals surface area contributed by atoms with Crippen molar-refractivity contribution >= 4 is 17.5 Å². The molecule has 0 saturated heterocycles. The summed E-state index contributed by atoms with van der Waals surface area (Å²) in [6.07, 6.45) is 0. The highest BCUT2D eigenvalue weighted by Gasteiger charge is 2.03. The van der Waals surface area contributed by atoms with E-state index in [1.807, 2.05) is 38.1 Å². The van der Waals surface area contributed by atoms with Gasteiger partial charge in [0.05, 0.1) is 0 Å². The van der Waals surface area contributed by atoms with Gasteiger partial charge in [0.15, 0.2) is 0 Å². The van der Waals surface area contributed by atoms with Gasteiger partial charge in [-0.15, -0.1) is 0 Å². The van der Waals surface area contributed by atoms with E-state index in [1.54, 1.807) is 5.54 Å². The molecular weight excluding hydrogens is 248 g/mol. The molecule has 0 aliphatic heterocycles. The van der Waals surface area contributed by atoms with Crippen molar-refractivity contribution in [3.63, 3.8) is 0 Å². The first kappa shape index (κ1) is 14.7. The van der Waals surface area contributed by atoms with Crippen LogP contribution in [-0.4, -0.2) is 25.5 Å². The largest absolute Gasteiger partial charge is 0.351 e. The minimum Gasteiger partial charge on any atom is -0.351 e. The van der Waals surface area contributed by atoms with Gasteiger partial charge in [0.2, 0.25) is 0 Å². The van der Waals surface area contributed by atoms with Gasteiger partial charge in [0.25, 0.3) is 5.91 Å². The number of amides is 1. The van der Waals surface area contributed by atoms with E-state index in [-0.39, 0.29) is 5.91 Å². The molecule has 0 saturated carbocycles. The summed E-state index contributed by atoms with van der Waals surface area (Å²) in [6.45, 7) is 6.01. The third kappa shape index (κ3) is 5.34. The average molecular weight is 267 g/mol. The molecule has 0 spiro atoms. The summed E-state index contributed by atoms with van der Waals surface area (Å²) in [5, 5.41) is 6.04. The summed E-state index contributed by atoms with van der Waals surface area (Å²) in [5.41, 5.74) is 4.47. The van der Waals surface area contributed by atoms with Crippen LogP contribution >= 0.6 is 11.6 Å². The van der Waals surface area contributed by atoms with Crippen LogP contribution in [0.15, 0.2) is 35.4 Å². The van der Waals surface area contributed by atoms with Crippen molar-refractivity contribution in [2.75, 3.05) is 19.6 Å². The number of nitrogens with one attached hydrogen (secondary N) is 2. The van der Waals surface area contributed by atoms with E-state index in [1.165, 1.54) is 0 Å². The van der Waals surface area contributed by atoms with Crippen LogP contribution in [0.3, 0.4) is 0 Å². The minimum absolute atomic E-state index is 0.0404. The molecule has 0 heterocycles. The van der Waals surface area contributed by atoms with Crippen LogP contribution in [-0.2, 0) is 0 Å². The highest BCUT2D eigenvalue weighted by atomic mass is 35.5. The highest BCUT2D eigenvalue weighted by Crippen LogP contribution is 2.02. The van der Waals surface area contributed by atoms with Gasteiger partial charge in [-0.2, -0.15) is 0 Å². The molecule has 0 aromatic heterocycles. The molecule has 0 radical (unpaired) electrons. The molecule has 1 amide bonds. The second-order valence-corrected chi connectivity index (χ2v) is 4.47. The van der Waals surface area contributed by atoms with Gasteiger partial charge in [-0.05, 0) is 31.6 Å². The van der Waals surface area contributed by atoms with Crippen molar-refractivity contribution in [2.24, 2.45) is 0 Å². The zero-order valence-corrected chi connectivity index (χ0v) is 11.6. The molecule has 18 heavy (non-hydrogen) atoms. The van der Waals surface area contributed by atoms with Crippen LogP contribution in [0.4, 0.5) is 0 Å². The van der Waals surface area contributed by atoms with Gasteiger partial charge in [0, 0.05) is 30.7 Å². The lowest BCUT2D eigenvalue weighted by Crippen LogP contribution is -2.32. The zero-order valence-electron chi connectivity index (χ0n) is 10.8. The fourth-order valence-electron chi connectivity index (χ4n) is 1.40. The number of carbonyl (C=O) groups is 1. The monoisotopic (exact) mass is 266 g/mol. The molecule has 4 heteroatoms. The molecule has 3 nitrogen and oxygen atoms in total.